The summed E-state index contributed by atoms with van der Waals surface area (Å²) in [5.74, 6) is -11.7. The van der Waals surface area contributed by atoms with Gasteiger partial charge in [0.05, 0.1) is 0 Å². The number of alkyl carbamates (subject to hydrolysis) is 1. The molecule has 0 spiro atoms. The molecule has 0 saturated carbocycles. The molecule has 0 aromatic rings. The maximum Gasteiger partial charge on any atom is 0.459 e. The number of rotatable bonds is 2. The number of ether oxygens (including phenoxy) is 1. The van der Waals surface area contributed by atoms with Gasteiger partial charge in [-0.25, -0.2) is 4.79 Å². The number of amides is 1. The first-order chi connectivity index (χ1) is 7.00. The topological polar surface area (TPSA) is 38.3 Å². The van der Waals surface area contributed by atoms with Gasteiger partial charge in [-0.3, -0.25) is 0 Å². The van der Waals surface area contributed by atoms with Gasteiger partial charge >= 0.3 is 24.1 Å². The van der Waals surface area contributed by atoms with Crippen LogP contribution < -0.4 is 5.32 Å². The maximum atomic E-state index is 12.8. The molecule has 1 N–H and O–H groups in total. The molecule has 1 aliphatic heterocycles. The van der Waals surface area contributed by atoms with E-state index in [0.29, 0.717) is 0 Å². The highest BCUT2D eigenvalue weighted by Crippen LogP contribution is 2.48. The second-order valence-corrected chi connectivity index (χ2v) is 2.99. The minimum atomic E-state index is -6.41. The fraction of sp³-hybridized carbons (Fsp3) is 0.833. The van der Waals surface area contributed by atoms with E-state index in [9.17, 15) is 35.5 Å². The summed E-state index contributed by atoms with van der Waals surface area (Å²) >= 11 is 0. The van der Waals surface area contributed by atoms with Crippen molar-refractivity contribution in [3.63, 3.8) is 0 Å². The van der Waals surface area contributed by atoms with E-state index in [-0.39, 0.29) is 0 Å². The Bertz CT molecular complexity index is 300. The molecule has 0 aromatic heterocycles. The lowest BCUT2D eigenvalue weighted by Gasteiger charge is -2.30. The van der Waals surface area contributed by atoms with E-state index in [4.69, 9.17) is 0 Å². The Morgan fingerprint density at radius 3 is 1.94 bits per heavy atom. The number of halogens is 7. The Morgan fingerprint density at radius 1 is 1.12 bits per heavy atom. The third-order valence-electron chi connectivity index (χ3n) is 1.89. The van der Waals surface area contributed by atoms with Crippen molar-refractivity contribution in [1.29, 1.82) is 0 Å². The van der Waals surface area contributed by atoms with Crippen LogP contribution in [-0.2, 0) is 4.74 Å². The Morgan fingerprint density at radius 2 is 1.62 bits per heavy atom. The lowest BCUT2D eigenvalue weighted by Crippen LogP contribution is -2.61. The molecule has 94 valence electrons. The van der Waals surface area contributed by atoms with Crippen LogP contribution in [0, 0.1) is 0 Å². The van der Waals surface area contributed by atoms with Gasteiger partial charge in [-0.1, -0.05) is 0 Å². The van der Waals surface area contributed by atoms with Gasteiger partial charge in [-0.05, 0) is 0 Å². The van der Waals surface area contributed by atoms with Crippen LogP contribution in [0.3, 0.4) is 0 Å². The number of hydrogen-bond donors (Lipinski definition) is 1. The molecule has 0 aliphatic carbocycles. The van der Waals surface area contributed by atoms with E-state index in [2.05, 4.69) is 4.74 Å². The van der Waals surface area contributed by atoms with Gasteiger partial charge in [0, 0.05) is 0 Å². The summed E-state index contributed by atoms with van der Waals surface area (Å²) in [6.45, 7) is -1.25. The van der Waals surface area contributed by atoms with Crippen molar-refractivity contribution in [3.8, 4) is 0 Å². The molecule has 3 nitrogen and oxygen atoms in total. The van der Waals surface area contributed by atoms with Crippen molar-refractivity contribution in [3.05, 3.63) is 0 Å². The predicted molar refractivity (Wildman–Crippen MR) is 34.2 cm³/mol. The van der Waals surface area contributed by atoms with Gasteiger partial charge in [0.1, 0.15) is 12.6 Å². The van der Waals surface area contributed by atoms with Crippen LogP contribution in [0.1, 0.15) is 0 Å². The molecule has 1 fully saturated rings. The molecular weight excluding hydrogens is 251 g/mol. The zero-order chi connectivity index (χ0) is 12.8. The van der Waals surface area contributed by atoms with E-state index in [0.717, 1.165) is 0 Å². The average Bonchev–Trinajstić information content (AvgIpc) is 2.49. The summed E-state index contributed by atoms with van der Waals surface area (Å²) in [5, 5.41) is 1.18. The van der Waals surface area contributed by atoms with Crippen LogP contribution in [0.15, 0.2) is 0 Å². The zero-order valence-electron chi connectivity index (χ0n) is 7.25. The fourth-order valence-corrected chi connectivity index (χ4v) is 0.988. The third-order valence-corrected chi connectivity index (χ3v) is 1.89. The highest BCUT2D eigenvalue weighted by atomic mass is 19.4. The Hall–Kier alpha value is -1.22. The number of carbonyl (C=O) groups is 1. The minimum absolute atomic E-state index is 1.18. The van der Waals surface area contributed by atoms with Gasteiger partial charge in [-0.2, -0.15) is 30.7 Å². The number of nitrogens with one attached hydrogen (secondary N) is 1. The van der Waals surface area contributed by atoms with Crippen molar-refractivity contribution in [2.45, 2.75) is 24.1 Å². The molecule has 1 rings (SSSR count). The molecule has 1 heterocycles. The van der Waals surface area contributed by atoms with E-state index in [1.807, 2.05) is 0 Å². The molecule has 16 heavy (non-hydrogen) atoms. The first-order valence-corrected chi connectivity index (χ1v) is 3.76. The van der Waals surface area contributed by atoms with Crippen molar-refractivity contribution in [1.82, 2.24) is 5.32 Å². The Balaban J connectivity index is 2.96. The smallest absolute Gasteiger partial charge is 0.447 e. The second-order valence-electron chi connectivity index (χ2n) is 2.99. The summed E-state index contributed by atoms with van der Waals surface area (Å²) in [7, 11) is 0. The molecule has 0 aromatic carbocycles. The fourth-order valence-electron chi connectivity index (χ4n) is 0.988. The van der Waals surface area contributed by atoms with Gasteiger partial charge in [0.2, 0.25) is 0 Å². The van der Waals surface area contributed by atoms with E-state index < -0.39 is 36.8 Å². The number of cyclic esters (lactones) is 1. The number of carbonyl (C=O) groups excluding carboxylic acids is 1. The first kappa shape index (κ1) is 12.8. The van der Waals surface area contributed by atoms with Crippen molar-refractivity contribution in [2.24, 2.45) is 0 Å². The molecule has 1 aliphatic rings. The van der Waals surface area contributed by atoms with E-state index >= 15 is 0 Å². The molecule has 1 amide bonds. The minimum Gasteiger partial charge on any atom is -0.447 e. The highest BCUT2D eigenvalue weighted by molar-refractivity contribution is 5.69. The van der Waals surface area contributed by atoms with Crippen LogP contribution in [0.5, 0.6) is 0 Å². The highest BCUT2D eigenvalue weighted by Gasteiger charge is 2.76. The van der Waals surface area contributed by atoms with Crippen LogP contribution in [0.25, 0.3) is 0 Å². The lowest BCUT2D eigenvalue weighted by atomic mass is 10.0. The summed E-state index contributed by atoms with van der Waals surface area (Å²) in [5.41, 5.74) is 0. The van der Waals surface area contributed by atoms with Crippen LogP contribution in [0.2, 0.25) is 0 Å². The number of hydrogen-bond acceptors (Lipinski definition) is 2. The zero-order valence-corrected chi connectivity index (χ0v) is 7.25. The summed E-state index contributed by atoms with van der Waals surface area (Å²) in [6, 6.07) is -2.71. The van der Waals surface area contributed by atoms with E-state index in [1.54, 1.807) is 0 Å². The predicted octanol–water partition coefficient (Wildman–Crippen LogP) is 1.93. The van der Waals surface area contributed by atoms with Gasteiger partial charge in [-0.15, -0.1) is 0 Å². The van der Waals surface area contributed by atoms with E-state index in [1.165, 1.54) is 5.32 Å². The number of alkyl halides is 7. The molecule has 0 radical (unpaired) electrons. The third kappa shape index (κ3) is 1.76. The normalized spacial score (nSPS) is 22.9. The van der Waals surface area contributed by atoms with Crippen LogP contribution >= 0.6 is 0 Å². The lowest BCUT2D eigenvalue weighted by molar-refractivity contribution is -0.359. The quantitative estimate of drug-likeness (QED) is 0.765. The SMILES string of the molecule is O=C1NC(C(F)(F)C(F)(F)C(F)(F)F)CO1. The monoisotopic (exact) mass is 255 g/mol. The van der Waals surface area contributed by atoms with Gasteiger partial charge in [0.15, 0.2) is 0 Å². The average molecular weight is 255 g/mol. The van der Waals surface area contributed by atoms with Crippen molar-refractivity contribution in [2.75, 3.05) is 6.61 Å². The summed E-state index contributed by atoms with van der Waals surface area (Å²) in [4.78, 5) is 10.3. The molecule has 10 heteroatoms. The second kappa shape index (κ2) is 3.39. The first-order valence-electron chi connectivity index (χ1n) is 3.76. The van der Waals surface area contributed by atoms with Crippen LogP contribution in [0.4, 0.5) is 35.5 Å². The largest absolute Gasteiger partial charge is 0.459 e. The van der Waals surface area contributed by atoms with Gasteiger partial charge in [0.25, 0.3) is 0 Å². The standard InChI is InChI=1S/C6H4F7NO2/c7-4(8,2-1-16-3(15)14-2)5(9,10)6(11,12)13/h2H,1H2,(H,14,15). The van der Waals surface area contributed by atoms with Crippen molar-refractivity contribution >= 4 is 6.09 Å². The summed E-state index contributed by atoms with van der Waals surface area (Å²) < 4.78 is 89.4. The molecular formula is C6H4F7NO2. The Kier molecular flexibility index (Phi) is 2.72. The molecule has 1 saturated heterocycles. The summed E-state index contributed by atoms with van der Waals surface area (Å²) in [6.07, 6.45) is -7.88. The Labute approximate surface area is 83.5 Å². The van der Waals surface area contributed by atoms with Crippen LogP contribution in [-0.4, -0.2) is 36.8 Å². The molecule has 1 unspecified atom stereocenters. The van der Waals surface area contributed by atoms with Crippen molar-refractivity contribution < 1.29 is 40.3 Å². The van der Waals surface area contributed by atoms with Gasteiger partial charge < -0.3 is 10.1 Å². The molecule has 0 bridgehead atoms. The molecule has 1 atom stereocenters. The maximum absolute atomic E-state index is 12.8.